The van der Waals surface area contributed by atoms with Gasteiger partial charge in [-0.1, -0.05) is 0 Å². The van der Waals surface area contributed by atoms with Crippen LogP contribution in [0.1, 0.15) is 29.9 Å². The number of alkyl halides is 2. The van der Waals surface area contributed by atoms with Crippen molar-refractivity contribution in [2.45, 2.75) is 38.5 Å². The first kappa shape index (κ1) is 17.8. The van der Waals surface area contributed by atoms with Gasteiger partial charge in [0.15, 0.2) is 0 Å². The summed E-state index contributed by atoms with van der Waals surface area (Å²) in [5.74, 6) is -1.46. The van der Waals surface area contributed by atoms with Gasteiger partial charge in [-0.3, -0.25) is 0 Å². The number of hydrogen-bond donors (Lipinski definition) is 0. The van der Waals surface area contributed by atoms with E-state index in [2.05, 4.69) is 9.97 Å². The molecule has 0 atom stereocenters. The van der Waals surface area contributed by atoms with E-state index in [1.54, 1.807) is 35.7 Å². The van der Waals surface area contributed by atoms with Crippen LogP contribution in [-0.2, 0) is 12.8 Å². The van der Waals surface area contributed by atoms with E-state index >= 15 is 0 Å². The molecule has 2 amide bonds. The number of carbonyl (C=O) groups excluding carboxylic acids is 1. The summed E-state index contributed by atoms with van der Waals surface area (Å²) in [6.07, 6.45) is 1.60. The number of anilines is 1. The van der Waals surface area contributed by atoms with Crippen LogP contribution in [0.3, 0.4) is 0 Å². The SMILES string of the molecule is Cc1nc2c(c(N3CCCC(F)(F)C3)n1)CCN(C(=O)N(C)C)CC2. The molecule has 0 bridgehead atoms. The number of aryl methyl sites for hydroxylation is 1. The largest absolute Gasteiger partial charge is 0.350 e. The van der Waals surface area contributed by atoms with Crippen LogP contribution < -0.4 is 4.90 Å². The predicted octanol–water partition coefficient (Wildman–Crippen LogP) is 2.10. The van der Waals surface area contributed by atoms with Gasteiger partial charge >= 0.3 is 6.03 Å². The number of fused-ring (bicyclic) bond motifs is 1. The van der Waals surface area contributed by atoms with Crippen LogP contribution in [0, 0.1) is 6.92 Å². The van der Waals surface area contributed by atoms with Crippen molar-refractivity contribution in [1.82, 2.24) is 19.8 Å². The van der Waals surface area contributed by atoms with Crippen molar-refractivity contribution in [1.29, 1.82) is 0 Å². The van der Waals surface area contributed by atoms with Crippen LogP contribution in [0.5, 0.6) is 0 Å². The molecule has 2 aliphatic rings. The van der Waals surface area contributed by atoms with Crippen molar-refractivity contribution in [3.8, 4) is 0 Å². The molecule has 138 valence electrons. The minimum absolute atomic E-state index is 0.0384. The number of nitrogens with zero attached hydrogens (tertiary/aromatic N) is 5. The van der Waals surface area contributed by atoms with E-state index in [-0.39, 0.29) is 19.0 Å². The lowest BCUT2D eigenvalue weighted by Gasteiger charge is -2.34. The number of amides is 2. The highest BCUT2D eigenvalue weighted by atomic mass is 19.3. The van der Waals surface area contributed by atoms with Crippen molar-refractivity contribution in [2.24, 2.45) is 0 Å². The summed E-state index contributed by atoms with van der Waals surface area (Å²) in [6.45, 7) is 3.21. The van der Waals surface area contributed by atoms with Gasteiger partial charge in [-0.15, -0.1) is 0 Å². The molecule has 0 aliphatic carbocycles. The topological polar surface area (TPSA) is 52.6 Å². The molecule has 0 spiro atoms. The molecule has 3 heterocycles. The molecule has 6 nitrogen and oxygen atoms in total. The number of piperidine rings is 1. The highest BCUT2D eigenvalue weighted by Crippen LogP contribution is 2.32. The van der Waals surface area contributed by atoms with Gasteiger partial charge < -0.3 is 14.7 Å². The molecule has 1 aromatic heterocycles. The number of rotatable bonds is 1. The van der Waals surface area contributed by atoms with Gasteiger partial charge in [-0.2, -0.15) is 0 Å². The Labute approximate surface area is 146 Å². The standard InChI is InChI=1S/C17H25F2N5O/c1-12-20-14-6-10-23(16(25)22(2)3)9-5-13(14)15(21-12)24-8-4-7-17(18,19)11-24/h4-11H2,1-3H3. The molecule has 1 fully saturated rings. The van der Waals surface area contributed by atoms with Crippen molar-refractivity contribution < 1.29 is 13.6 Å². The first-order chi connectivity index (χ1) is 11.8. The van der Waals surface area contributed by atoms with E-state index < -0.39 is 5.92 Å². The minimum Gasteiger partial charge on any atom is -0.350 e. The summed E-state index contributed by atoms with van der Waals surface area (Å²) in [6, 6.07) is -0.0384. The Bertz CT molecular complexity index is 665. The molecule has 1 aromatic rings. The second kappa shape index (κ2) is 6.72. The smallest absolute Gasteiger partial charge is 0.319 e. The van der Waals surface area contributed by atoms with E-state index in [9.17, 15) is 13.6 Å². The lowest BCUT2D eigenvalue weighted by molar-refractivity contribution is -0.0119. The number of urea groups is 1. The van der Waals surface area contributed by atoms with Crippen molar-refractivity contribution in [3.05, 3.63) is 17.1 Å². The fourth-order valence-corrected chi connectivity index (χ4v) is 3.58. The van der Waals surface area contributed by atoms with Gasteiger partial charge in [0, 0.05) is 52.1 Å². The molecule has 0 radical (unpaired) electrons. The van der Waals surface area contributed by atoms with Crippen molar-refractivity contribution in [2.75, 3.05) is 45.2 Å². The monoisotopic (exact) mass is 353 g/mol. The molecule has 25 heavy (non-hydrogen) atoms. The summed E-state index contributed by atoms with van der Waals surface area (Å²) in [5, 5.41) is 0. The lowest BCUT2D eigenvalue weighted by Crippen LogP contribution is -2.43. The highest BCUT2D eigenvalue weighted by molar-refractivity contribution is 5.74. The van der Waals surface area contributed by atoms with Crippen LogP contribution in [0.4, 0.5) is 19.4 Å². The second-order valence-electron chi connectivity index (χ2n) is 7.06. The normalized spacial score (nSPS) is 20.0. The minimum atomic E-state index is -2.68. The molecule has 8 heteroatoms. The van der Waals surface area contributed by atoms with Gasteiger partial charge in [0.2, 0.25) is 0 Å². The number of aromatic nitrogens is 2. The zero-order valence-electron chi connectivity index (χ0n) is 15.1. The Morgan fingerprint density at radius 1 is 1.16 bits per heavy atom. The molecule has 0 saturated carbocycles. The first-order valence-electron chi connectivity index (χ1n) is 8.72. The van der Waals surface area contributed by atoms with Gasteiger partial charge in [-0.25, -0.2) is 23.5 Å². The van der Waals surface area contributed by atoms with E-state index in [1.807, 2.05) is 0 Å². The number of halogens is 2. The van der Waals surface area contributed by atoms with Crippen molar-refractivity contribution in [3.63, 3.8) is 0 Å². The molecule has 2 aliphatic heterocycles. The molecular weight excluding hydrogens is 328 g/mol. The Balaban J connectivity index is 1.89. The number of hydrogen-bond acceptors (Lipinski definition) is 4. The van der Waals surface area contributed by atoms with Gasteiger partial charge in [0.05, 0.1) is 12.2 Å². The fourth-order valence-electron chi connectivity index (χ4n) is 3.58. The third kappa shape index (κ3) is 3.82. The van der Waals surface area contributed by atoms with Crippen LogP contribution in [0.15, 0.2) is 0 Å². The van der Waals surface area contributed by atoms with Crippen molar-refractivity contribution >= 4 is 11.8 Å². The van der Waals surface area contributed by atoms with Gasteiger partial charge in [0.1, 0.15) is 11.6 Å². The van der Waals surface area contributed by atoms with E-state index in [0.717, 1.165) is 11.3 Å². The van der Waals surface area contributed by atoms with Crippen LogP contribution in [0.25, 0.3) is 0 Å². The Morgan fingerprint density at radius 3 is 2.56 bits per heavy atom. The van der Waals surface area contributed by atoms with Gasteiger partial charge in [-0.05, 0) is 19.8 Å². The molecular formula is C17H25F2N5O. The third-order valence-corrected chi connectivity index (χ3v) is 4.78. The zero-order chi connectivity index (χ0) is 18.2. The Morgan fingerprint density at radius 2 is 1.88 bits per heavy atom. The maximum Gasteiger partial charge on any atom is 0.319 e. The first-order valence-corrected chi connectivity index (χ1v) is 8.72. The Hall–Kier alpha value is -1.99. The maximum atomic E-state index is 13.9. The van der Waals surface area contributed by atoms with Crippen LogP contribution in [0.2, 0.25) is 0 Å². The fraction of sp³-hybridized carbons (Fsp3) is 0.706. The Kier molecular flexibility index (Phi) is 4.79. The average Bonchev–Trinajstić information content (AvgIpc) is 2.74. The molecule has 0 N–H and O–H groups in total. The predicted molar refractivity (Wildman–Crippen MR) is 91.2 cm³/mol. The zero-order valence-corrected chi connectivity index (χ0v) is 15.1. The number of carbonyl (C=O) groups is 1. The molecule has 0 unspecified atom stereocenters. The molecule has 0 aromatic carbocycles. The van der Waals surface area contributed by atoms with Crippen LogP contribution in [-0.4, -0.2) is 72.0 Å². The summed E-state index contributed by atoms with van der Waals surface area (Å²) >= 11 is 0. The lowest BCUT2D eigenvalue weighted by atomic mass is 10.0. The summed E-state index contributed by atoms with van der Waals surface area (Å²) < 4.78 is 27.7. The average molecular weight is 353 g/mol. The summed E-state index contributed by atoms with van der Waals surface area (Å²) in [4.78, 5) is 26.3. The molecule has 3 rings (SSSR count). The van der Waals surface area contributed by atoms with Gasteiger partial charge in [0.25, 0.3) is 5.92 Å². The van der Waals surface area contributed by atoms with Crippen LogP contribution >= 0.6 is 0 Å². The van der Waals surface area contributed by atoms with E-state index in [0.29, 0.717) is 50.5 Å². The molecule has 1 saturated heterocycles. The van der Waals surface area contributed by atoms with E-state index in [4.69, 9.17) is 0 Å². The second-order valence-corrected chi connectivity index (χ2v) is 7.06. The summed E-state index contributed by atoms with van der Waals surface area (Å²) in [7, 11) is 3.46. The maximum absolute atomic E-state index is 13.9. The quantitative estimate of drug-likeness (QED) is 0.776. The summed E-state index contributed by atoms with van der Waals surface area (Å²) in [5.41, 5.74) is 1.79. The van der Waals surface area contributed by atoms with E-state index in [1.165, 1.54) is 0 Å². The highest BCUT2D eigenvalue weighted by Gasteiger charge is 2.37. The third-order valence-electron chi connectivity index (χ3n) is 4.78.